The van der Waals surface area contributed by atoms with E-state index in [9.17, 15) is 4.79 Å². The van der Waals surface area contributed by atoms with Crippen LogP contribution >= 0.6 is 0 Å². The minimum Gasteiger partial charge on any atom is -0.459 e. The quantitative estimate of drug-likeness (QED) is 0.304. The highest BCUT2D eigenvalue weighted by atomic mass is 28.4. The van der Waals surface area contributed by atoms with Crippen LogP contribution in [0.1, 0.15) is 50.4 Å². The number of benzene rings is 1. The second kappa shape index (κ2) is 7.19. The zero-order valence-corrected chi connectivity index (χ0v) is 18.2. The molecule has 1 aromatic rings. The van der Waals surface area contributed by atoms with Crippen molar-refractivity contribution in [1.82, 2.24) is 0 Å². The highest BCUT2D eigenvalue weighted by Gasteiger charge is 2.61. The predicted molar refractivity (Wildman–Crippen MR) is 109 cm³/mol. The maximum atomic E-state index is 12.2. The number of carbonyl (C=O) groups is 1. The molecule has 1 heterocycles. The number of esters is 1. The fourth-order valence-corrected chi connectivity index (χ4v) is 4.90. The average molecular weight is 389 g/mol. The van der Waals surface area contributed by atoms with Gasteiger partial charge in [0, 0.05) is 12.5 Å². The molecular formula is C22H32O4Si. The summed E-state index contributed by atoms with van der Waals surface area (Å²) in [4.78, 5) is 12.2. The van der Waals surface area contributed by atoms with Gasteiger partial charge in [0.2, 0.25) is 0 Å². The fraction of sp³-hybridized carbons (Fsp3) is 0.591. The van der Waals surface area contributed by atoms with E-state index in [-0.39, 0.29) is 35.4 Å². The van der Waals surface area contributed by atoms with Crippen molar-refractivity contribution in [2.24, 2.45) is 0 Å². The van der Waals surface area contributed by atoms with Gasteiger partial charge in [-0.3, -0.25) is 0 Å². The van der Waals surface area contributed by atoms with Crippen molar-refractivity contribution in [3.05, 3.63) is 48.0 Å². The molecule has 1 saturated heterocycles. The van der Waals surface area contributed by atoms with E-state index >= 15 is 0 Å². The first-order valence-corrected chi connectivity index (χ1v) is 12.7. The second-order valence-corrected chi connectivity index (χ2v) is 14.1. The van der Waals surface area contributed by atoms with Crippen LogP contribution in [0.2, 0.25) is 18.1 Å². The van der Waals surface area contributed by atoms with Crippen molar-refractivity contribution < 1.29 is 18.7 Å². The van der Waals surface area contributed by atoms with Gasteiger partial charge in [-0.1, -0.05) is 45.5 Å². The van der Waals surface area contributed by atoms with Crippen molar-refractivity contribution in [3.8, 4) is 0 Å². The number of hydrogen-bond acceptors (Lipinski definition) is 4. The smallest absolute Gasteiger partial charge is 0.338 e. The van der Waals surface area contributed by atoms with E-state index in [4.69, 9.17) is 13.9 Å². The van der Waals surface area contributed by atoms with Gasteiger partial charge in [0.15, 0.2) is 8.32 Å². The summed E-state index contributed by atoms with van der Waals surface area (Å²) in [6.07, 6.45) is 2.79. The Kier molecular flexibility index (Phi) is 5.41. The monoisotopic (exact) mass is 388 g/mol. The molecule has 148 valence electrons. The third-order valence-electron chi connectivity index (χ3n) is 6.36. The van der Waals surface area contributed by atoms with Crippen LogP contribution in [0, 0.1) is 0 Å². The molecule has 0 aromatic heterocycles. The van der Waals surface area contributed by atoms with Crippen LogP contribution in [-0.4, -0.2) is 38.7 Å². The van der Waals surface area contributed by atoms with E-state index in [1.807, 2.05) is 18.2 Å². The van der Waals surface area contributed by atoms with E-state index in [0.29, 0.717) is 5.56 Å². The van der Waals surface area contributed by atoms with E-state index in [0.717, 1.165) is 24.8 Å². The summed E-state index contributed by atoms with van der Waals surface area (Å²) in [6.45, 7) is 15.9. The van der Waals surface area contributed by atoms with Gasteiger partial charge < -0.3 is 13.9 Å². The first-order chi connectivity index (χ1) is 12.6. The van der Waals surface area contributed by atoms with Crippen LogP contribution in [-0.2, 0) is 13.9 Å². The third kappa shape index (κ3) is 4.20. The van der Waals surface area contributed by atoms with Gasteiger partial charge in [-0.2, -0.15) is 0 Å². The van der Waals surface area contributed by atoms with Crippen LogP contribution < -0.4 is 0 Å². The molecule has 3 atom stereocenters. The summed E-state index contributed by atoms with van der Waals surface area (Å²) in [5.41, 5.74) is 1.30. The molecule has 27 heavy (non-hydrogen) atoms. The zero-order chi connectivity index (χ0) is 19.9. The molecule has 2 fully saturated rings. The first kappa shape index (κ1) is 20.3. The largest absolute Gasteiger partial charge is 0.459 e. The standard InChI is InChI=1S/C22H32O4Si/c1-16-12-13-18(26-27(5,6)21(2,3)4)14-22(16)19(25-22)15-24-20(23)17-10-8-7-9-11-17/h7-11,18-19H,1,12-15H2,2-6H3. The summed E-state index contributed by atoms with van der Waals surface area (Å²) in [5.74, 6) is -0.309. The molecule has 2 aliphatic rings. The van der Waals surface area contributed by atoms with Gasteiger partial charge in [-0.15, -0.1) is 0 Å². The predicted octanol–water partition coefficient (Wildman–Crippen LogP) is 5.11. The topological polar surface area (TPSA) is 48.1 Å². The lowest BCUT2D eigenvalue weighted by Gasteiger charge is -2.41. The molecule has 1 aliphatic heterocycles. The zero-order valence-electron chi connectivity index (χ0n) is 17.2. The molecule has 4 nitrogen and oxygen atoms in total. The van der Waals surface area contributed by atoms with Crippen LogP contribution in [0.15, 0.2) is 42.5 Å². The van der Waals surface area contributed by atoms with Crippen molar-refractivity contribution in [2.75, 3.05) is 6.61 Å². The normalized spacial score (nSPS) is 28.3. The molecule has 5 heteroatoms. The van der Waals surface area contributed by atoms with Crippen molar-refractivity contribution in [2.45, 2.75) is 76.0 Å². The van der Waals surface area contributed by atoms with Crippen molar-refractivity contribution in [3.63, 3.8) is 0 Å². The van der Waals surface area contributed by atoms with Gasteiger partial charge in [-0.05, 0) is 48.7 Å². The summed E-state index contributed by atoms with van der Waals surface area (Å²) in [7, 11) is -1.82. The van der Waals surface area contributed by atoms with Crippen LogP contribution in [0.3, 0.4) is 0 Å². The van der Waals surface area contributed by atoms with Gasteiger partial charge in [0.25, 0.3) is 0 Å². The Balaban J connectivity index is 1.58. The SMILES string of the molecule is C=C1CCC(O[Si](C)(C)C(C)(C)C)CC12OC2COC(=O)c1ccccc1. The molecule has 1 spiro atoms. The Morgan fingerprint density at radius 1 is 1.30 bits per heavy atom. The molecule has 1 saturated carbocycles. The van der Waals surface area contributed by atoms with Crippen molar-refractivity contribution in [1.29, 1.82) is 0 Å². The molecule has 1 aliphatic carbocycles. The van der Waals surface area contributed by atoms with E-state index in [1.54, 1.807) is 12.1 Å². The van der Waals surface area contributed by atoms with Gasteiger partial charge in [0.05, 0.1) is 5.56 Å². The number of ether oxygens (including phenoxy) is 2. The first-order valence-electron chi connectivity index (χ1n) is 9.81. The molecule has 1 aromatic carbocycles. The minimum atomic E-state index is -1.82. The Labute approximate surface area is 164 Å². The second-order valence-electron chi connectivity index (χ2n) is 9.31. The maximum Gasteiger partial charge on any atom is 0.338 e. The fourth-order valence-electron chi connectivity index (χ4n) is 3.51. The highest BCUT2D eigenvalue weighted by Crippen LogP contribution is 2.52. The summed E-state index contributed by atoms with van der Waals surface area (Å²) in [5, 5.41) is 0.184. The lowest BCUT2D eigenvalue weighted by molar-refractivity contribution is 0.0476. The molecular weight excluding hydrogens is 356 g/mol. The summed E-state index contributed by atoms with van der Waals surface area (Å²) in [6, 6.07) is 9.06. The lowest BCUT2D eigenvalue weighted by atomic mass is 9.81. The Bertz CT molecular complexity index is 707. The Morgan fingerprint density at radius 2 is 1.96 bits per heavy atom. The summed E-state index contributed by atoms with van der Waals surface area (Å²) >= 11 is 0. The molecule has 0 amide bonds. The van der Waals surface area contributed by atoms with E-state index < -0.39 is 8.32 Å². The lowest BCUT2D eigenvalue weighted by Crippen LogP contribution is -2.46. The number of hydrogen-bond donors (Lipinski definition) is 0. The summed E-state index contributed by atoms with van der Waals surface area (Å²) < 4.78 is 18.1. The Hall–Kier alpha value is -1.43. The highest BCUT2D eigenvalue weighted by molar-refractivity contribution is 6.74. The number of epoxide rings is 1. The molecule has 0 N–H and O–H groups in total. The number of rotatable bonds is 5. The third-order valence-corrected chi connectivity index (χ3v) is 10.9. The molecule has 0 radical (unpaired) electrons. The van der Waals surface area contributed by atoms with Crippen LogP contribution in [0.25, 0.3) is 0 Å². The van der Waals surface area contributed by atoms with E-state index in [1.165, 1.54) is 0 Å². The van der Waals surface area contributed by atoms with Crippen LogP contribution in [0.5, 0.6) is 0 Å². The molecule has 0 bridgehead atoms. The maximum absolute atomic E-state index is 12.2. The number of carbonyl (C=O) groups excluding carboxylic acids is 1. The van der Waals surface area contributed by atoms with Gasteiger partial charge in [0.1, 0.15) is 18.3 Å². The average Bonchev–Trinajstić information content (AvgIpc) is 3.29. The molecule has 3 unspecified atom stereocenters. The van der Waals surface area contributed by atoms with Crippen LogP contribution in [0.4, 0.5) is 0 Å². The Morgan fingerprint density at radius 3 is 2.59 bits per heavy atom. The minimum absolute atomic E-state index is 0.108. The van der Waals surface area contributed by atoms with Gasteiger partial charge >= 0.3 is 5.97 Å². The van der Waals surface area contributed by atoms with Crippen molar-refractivity contribution >= 4 is 14.3 Å². The molecule has 3 rings (SSSR count). The van der Waals surface area contributed by atoms with E-state index in [2.05, 4.69) is 40.4 Å². The van der Waals surface area contributed by atoms with Gasteiger partial charge in [-0.25, -0.2) is 4.79 Å².